The molecule has 0 amide bonds. The van der Waals surface area contributed by atoms with Crippen molar-refractivity contribution < 1.29 is 4.74 Å². The van der Waals surface area contributed by atoms with Gasteiger partial charge in [-0.3, -0.25) is 0 Å². The van der Waals surface area contributed by atoms with Crippen molar-refractivity contribution in [3.05, 3.63) is 27.7 Å². The summed E-state index contributed by atoms with van der Waals surface area (Å²) in [7, 11) is 0. The molecule has 0 saturated carbocycles. The van der Waals surface area contributed by atoms with Crippen LogP contribution in [0.5, 0.6) is 5.75 Å². The van der Waals surface area contributed by atoms with Gasteiger partial charge in [0.1, 0.15) is 5.75 Å². The van der Waals surface area contributed by atoms with Crippen LogP contribution in [0.4, 0.5) is 0 Å². The Kier molecular flexibility index (Phi) is 4.87. The van der Waals surface area contributed by atoms with E-state index in [0.717, 1.165) is 42.9 Å². The fourth-order valence-electron chi connectivity index (χ4n) is 2.23. The number of hydrogen-bond acceptors (Lipinski definition) is 3. The van der Waals surface area contributed by atoms with E-state index >= 15 is 0 Å². The molecule has 2 rings (SSSR count). The highest BCUT2D eigenvalue weighted by atomic mass is 79.9. The van der Waals surface area contributed by atoms with Crippen LogP contribution in [0, 0.1) is 0 Å². The highest BCUT2D eigenvalue weighted by Crippen LogP contribution is 2.32. The molecule has 0 unspecified atom stereocenters. The molecule has 4 heteroatoms. The van der Waals surface area contributed by atoms with Crippen LogP contribution in [0.2, 0.25) is 0 Å². The van der Waals surface area contributed by atoms with Gasteiger partial charge in [0.05, 0.1) is 6.61 Å². The summed E-state index contributed by atoms with van der Waals surface area (Å²) in [5, 5.41) is 6.94. The van der Waals surface area contributed by atoms with Gasteiger partial charge in [-0.1, -0.05) is 15.9 Å². The van der Waals surface area contributed by atoms with Crippen LogP contribution in [-0.4, -0.2) is 25.2 Å². The molecular formula is C15H23BrN2O. The Morgan fingerprint density at radius 3 is 2.79 bits per heavy atom. The van der Waals surface area contributed by atoms with Crippen molar-refractivity contribution in [3.63, 3.8) is 0 Å². The molecule has 1 aliphatic rings. The van der Waals surface area contributed by atoms with Gasteiger partial charge in [0.15, 0.2) is 0 Å². The van der Waals surface area contributed by atoms with Crippen molar-refractivity contribution in [3.8, 4) is 5.75 Å². The second-order valence-electron chi connectivity index (χ2n) is 6.01. The van der Waals surface area contributed by atoms with E-state index in [1.165, 1.54) is 11.1 Å². The van der Waals surface area contributed by atoms with Crippen molar-refractivity contribution in [2.45, 2.75) is 39.3 Å². The molecule has 1 aliphatic heterocycles. The topological polar surface area (TPSA) is 33.3 Å². The summed E-state index contributed by atoms with van der Waals surface area (Å²) in [6, 6.07) is 4.31. The number of halogens is 1. The van der Waals surface area contributed by atoms with Gasteiger partial charge in [-0.15, -0.1) is 0 Å². The molecular weight excluding hydrogens is 304 g/mol. The van der Waals surface area contributed by atoms with Crippen molar-refractivity contribution in [2.75, 3.05) is 19.7 Å². The number of nitrogens with one attached hydrogen (secondary N) is 2. The monoisotopic (exact) mass is 326 g/mol. The Hall–Kier alpha value is -0.580. The lowest BCUT2D eigenvalue weighted by Gasteiger charge is -2.20. The van der Waals surface area contributed by atoms with E-state index in [9.17, 15) is 0 Å². The predicted octanol–water partition coefficient (Wildman–Crippen LogP) is 2.86. The minimum absolute atomic E-state index is 0.182. The van der Waals surface area contributed by atoms with Gasteiger partial charge in [0, 0.05) is 41.6 Å². The van der Waals surface area contributed by atoms with E-state index in [1.54, 1.807) is 0 Å². The molecule has 0 saturated heterocycles. The summed E-state index contributed by atoms with van der Waals surface area (Å²) in [4.78, 5) is 0. The lowest BCUT2D eigenvalue weighted by atomic mass is 10.1. The van der Waals surface area contributed by atoms with Crippen LogP contribution >= 0.6 is 15.9 Å². The third kappa shape index (κ3) is 4.48. The summed E-state index contributed by atoms with van der Waals surface area (Å²) in [5.74, 6) is 1.08. The normalized spacial score (nSPS) is 14.3. The fraction of sp³-hybridized carbons (Fsp3) is 0.600. The second-order valence-corrected chi connectivity index (χ2v) is 6.92. The Labute approximate surface area is 124 Å². The van der Waals surface area contributed by atoms with Gasteiger partial charge >= 0.3 is 0 Å². The largest absolute Gasteiger partial charge is 0.493 e. The predicted molar refractivity (Wildman–Crippen MR) is 82.8 cm³/mol. The minimum atomic E-state index is 0.182. The summed E-state index contributed by atoms with van der Waals surface area (Å²) < 4.78 is 6.86. The Morgan fingerprint density at radius 2 is 2.05 bits per heavy atom. The first-order valence-electron chi connectivity index (χ1n) is 6.85. The van der Waals surface area contributed by atoms with Crippen molar-refractivity contribution >= 4 is 15.9 Å². The van der Waals surface area contributed by atoms with E-state index in [1.807, 2.05) is 0 Å². The van der Waals surface area contributed by atoms with E-state index < -0.39 is 0 Å². The molecule has 1 aromatic carbocycles. The number of fused-ring (bicyclic) bond motifs is 1. The zero-order valence-electron chi connectivity index (χ0n) is 12.0. The zero-order chi connectivity index (χ0) is 13.9. The van der Waals surface area contributed by atoms with E-state index in [-0.39, 0.29) is 5.54 Å². The van der Waals surface area contributed by atoms with E-state index in [4.69, 9.17) is 4.74 Å². The van der Waals surface area contributed by atoms with E-state index in [2.05, 4.69) is 59.5 Å². The third-order valence-electron chi connectivity index (χ3n) is 3.10. The molecule has 2 N–H and O–H groups in total. The number of ether oxygens (including phenoxy) is 1. The van der Waals surface area contributed by atoms with Crippen LogP contribution in [0.15, 0.2) is 16.6 Å². The van der Waals surface area contributed by atoms with Crippen LogP contribution in [-0.2, 0) is 13.0 Å². The lowest BCUT2D eigenvalue weighted by molar-refractivity contribution is 0.352. The fourth-order valence-corrected chi connectivity index (χ4v) is 2.78. The highest BCUT2D eigenvalue weighted by Gasteiger charge is 2.17. The van der Waals surface area contributed by atoms with Crippen molar-refractivity contribution in [1.82, 2.24) is 10.6 Å². The Morgan fingerprint density at radius 1 is 1.26 bits per heavy atom. The van der Waals surface area contributed by atoms with E-state index in [0.29, 0.717) is 0 Å². The first kappa shape index (κ1) is 14.8. The van der Waals surface area contributed by atoms with Gasteiger partial charge in [0.2, 0.25) is 0 Å². The standard InChI is InChI=1S/C15H23BrN2O/c1-15(2,3)18-6-5-17-10-12-9-13(16)8-11-4-7-19-14(11)12/h8-9,17-18H,4-7,10H2,1-3H3. The Bertz CT molecular complexity index is 441. The summed E-state index contributed by atoms with van der Waals surface area (Å²) >= 11 is 3.57. The average molecular weight is 327 g/mol. The first-order valence-corrected chi connectivity index (χ1v) is 7.65. The Balaban J connectivity index is 1.84. The molecule has 19 heavy (non-hydrogen) atoms. The second kappa shape index (κ2) is 6.25. The summed E-state index contributed by atoms with van der Waals surface area (Å²) in [6.07, 6.45) is 1.02. The molecule has 0 aliphatic carbocycles. The van der Waals surface area contributed by atoms with Crippen LogP contribution in [0.3, 0.4) is 0 Å². The third-order valence-corrected chi connectivity index (χ3v) is 3.56. The van der Waals surface area contributed by atoms with Gasteiger partial charge in [-0.05, 0) is 38.5 Å². The van der Waals surface area contributed by atoms with Gasteiger partial charge in [-0.2, -0.15) is 0 Å². The number of rotatable bonds is 5. The molecule has 1 aromatic rings. The minimum Gasteiger partial charge on any atom is -0.493 e. The van der Waals surface area contributed by atoms with Gasteiger partial charge < -0.3 is 15.4 Å². The summed E-state index contributed by atoms with van der Waals surface area (Å²) in [5.41, 5.74) is 2.75. The molecule has 0 fully saturated rings. The number of hydrogen-bond donors (Lipinski definition) is 2. The first-order chi connectivity index (χ1) is 8.96. The zero-order valence-corrected chi connectivity index (χ0v) is 13.6. The molecule has 0 atom stereocenters. The molecule has 1 heterocycles. The molecule has 0 aromatic heterocycles. The molecule has 0 spiro atoms. The average Bonchev–Trinajstić information content (AvgIpc) is 2.74. The smallest absolute Gasteiger partial charge is 0.127 e. The highest BCUT2D eigenvalue weighted by molar-refractivity contribution is 9.10. The van der Waals surface area contributed by atoms with Crippen LogP contribution < -0.4 is 15.4 Å². The molecule has 106 valence electrons. The van der Waals surface area contributed by atoms with Gasteiger partial charge in [0.25, 0.3) is 0 Å². The summed E-state index contributed by atoms with van der Waals surface area (Å²) in [6.45, 7) is 10.1. The maximum absolute atomic E-state index is 5.72. The number of benzene rings is 1. The molecule has 3 nitrogen and oxygen atoms in total. The van der Waals surface area contributed by atoms with Crippen LogP contribution in [0.1, 0.15) is 31.9 Å². The maximum atomic E-state index is 5.72. The molecule has 0 bridgehead atoms. The quantitative estimate of drug-likeness (QED) is 0.816. The van der Waals surface area contributed by atoms with Crippen LogP contribution in [0.25, 0.3) is 0 Å². The maximum Gasteiger partial charge on any atom is 0.127 e. The lowest BCUT2D eigenvalue weighted by Crippen LogP contribution is -2.40. The van der Waals surface area contributed by atoms with Crippen molar-refractivity contribution in [1.29, 1.82) is 0 Å². The molecule has 0 radical (unpaired) electrons. The SMILES string of the molecule is CC(C)(C)NCCNCc1cc(Br)cc2c1OCC2. The van der Waals surface area contributed by atoms with Crippen molar-refractivity contribution in [2.24, 2.45) is 0 Å². The van der Waals surface area contributed by atoms with Gasteiger partial charge in [-0.25, -0.2) is 0 Å².